The lowest BCUT2D eigenvalue weighted by Gasteiger charge is -2.35. The summed E-state index contributed by atoms with van der Waals surface area (Å²) in [6, 6.07) is -0.762. The summed E-state index contributed by atoms with van der Waals surface area (Å²) in [6.07, 6.45) is 4.61. The second-order valence-electron chi connectivity index (χ2n) is 9.17. The van der Waals surface area contributed by atoms with Gasteiger partial charge in [-0.1, -0.05) is 13.0 Å². The molecule has 0 aromatic heterocycles. The molecule has 34 heavy (non-hydrogen) atoms. The maximum absolute atomic E-state index is 12.5. The Balaban J connectivity index is 1.59. The van der Waals surface area contributed by atoms with Crippen LogP contribution in [0.3, 0.4) is 0 Å². The molecule has 0 bridgehead atoms. The minimum Gasteiger partial charge on any atom is -0.461 e. The standard InChI is InChI=1S/C22H35N2O8PS/c1-14-10-11-24(18(25)12-14)21-22(3,28)19(26)17(32-21)13-30-33(34,29-4)23-15(2)20(27)31-16-8-6-5-7-9-16/h10-11,15-17,19,21,26,28H,1,5-9,12-13H2,2-4H3,(H,23,34)/t15?,17-,19-,21-,22-,33?/m1/s1. The van der Waals surface area contributed by atoms with Crippen molar-refractivity contribution in [2.45, 2.75) is 88.6 Å². The van der Waals surface area contributed by atoms with Crippen LogP contribution in [-0.4, -0.2) is 76.9 Å². The highest BCUT2D eigenvalue weighted by Gasteiger charge is 2.55. The number of nitrogens with one attached hydrogen (secondary N) is 1. The molecule has 6 atom stereocenters. The van der Waals surface area contributed by atoms with Gasteiger partial charge in [-0.15, -0.1) is 0 Å². The number of aliphatic hydroxyl groups is 2. The Hall–Kier alpha value is -1.17. The number of amides is 1. The van der Waals surface area contributed by atoms with Crippen LogP contribution in [-0.2, 0) is 39.9 Å². The van der Waals surface area contributed by atoms with Crippen LogP contribution >= 0.6 is 6.64 Å². The Morgan fingerprint density at radius 2 is 2.12 bits per heavy atom. The van der Waals surface area contributed by atoms with Crippen LogP contribution in [0.4, 0.5) is 0 Å². The quantitative estimate of drug-likeness (QED) is 0.308. The highest BCUT2D eigenvalue weighted by atomic mass is 32.5. The molecule has 2 aliphatic heterocycles. The third-order valence-corrected chi connectivity index (χ3v) is 9.09. The second kappa shape index (κ2) is 11.3. The molecule has 3 aliphatic rings. The molecule has 12 heteroatoms. The van der Waals surface area contributed by atoms with E-state index >= 15 is 0 Å². The molecular weight excluding hydrogens is 483 g/mol. The smallest absolute Gasteiger partial charge is 0.323 e. The van der Waals surface area contributed by atoms with Crippen molar-refractivity contribution in [3.63, 3.8) is 0 Å². The molecule has 3 N–H and O–H groups in total. The van der Waals surface area contributed by atoms with Crippen LogP contribution in [0.15, 0.2) is 24.4 Å². The molecule has 1 saturated heterocycles. The number of carbonyl (C=O) groups is 2. The van der Waals surface area contributed by atoms with Crippen LogP contribution < -0.4 is 5.09 Å². The first kappa shape index (κ1) is 27.4. The first-order valence-electron chi connectivity index (χ1n) is 11.5. The summed E-state index contributed by atoms with van der Waals surface area (Å²) in [4.78, 5) is 26.2. The molecule has 1 aliphatic carbocycles. The van der Waals surface area contributed by atoms with Crippen molar-refractivity contribution < 1.29 is 38.3 Å². The van der Waals surface area contributed by atoms with Crippen molar-refractivity contribution >= 4 is 30.3 Å². The average molecular weight is 519 g/mol. The highest BCUT2D eigenvalue weighted by molar-refractivity contribution is 8.09. The van der Waals surface area contributed by atoms with E-state index in [4.69, 9.17) is 30.3 Å². The molecule has 192 valence electrons. The van der Waals surface area contributed by atoms with Gasteiger partial charge in [0.2, 0.25) is 5.91 Å². The average Bonchev–Trinajstić information content (AvgIpc) is 3.02. The topological polar surface area (TPSA) is 127 Å². The first-order chi connectivity index (χ1) is 16.0. The molecule has 2 heterocycles. The normalized spacial score (nSPS) is 33.1. The summed E-state index contributed by atoms with van der Waals surface area (Å²) >= 11 is 5.48. The van der Waals surface area contributed by atoms with Crippen LogP contribution in [0.25, 0.3) is 0 Å². The number of hydrogen-bond acceptors (Lipinski definition) is 9. The van der Waals surface area contributed by atoms with Gasteiger partial charge in [0.1, 0.15) is 30.0 Å². The van der Waals surface area contributed by atoms with Crippen molar-refractivity contribution in [2.75, 3.05) is 13.7 Å². The molecule has 0 radical (unpaired) electrons. The van der Waals surface area contributed by atoms with Crippen molar-refractivity contribution in [2.24, 2.45) is 0 Å². The van der Waals surface area contributed by atoms with Gasteiger partial charge in [-0.25, -0.2) is 5.09 Å². The SMILES string of the molecule is C=C1C=CN([C@@H]2O[C@H](COP(=S)(NC(C)C(=O)OC3CCCCC3)OC)[C@@H](O)[C@@]2(C)O)C(=O)C1. The van der Waals surface area contributed by atoms with Gasteiger partial charge in [0.25, 0.3) is 6.64 Å². The molecule has 0 spiro atoms. The van der Waals surface area contributed by atoms with Crippen LogP contribution in [0, 0.1) is 0 Å². The number of nitrogens with zero attached hydrogens (tertiary/aromatic N) is 1. The van der Waals surface area contributed by atoms with Crippen LogP contribution in [0.1, 0.15) is 52.4 Å². The van der Waals surface area contributed by atoms with E-state index in [0.717, 1.165) is 32.1 Å². The van der Waals surface area contributed by atoms with E-state index in [2.05, 4.69) is 11.7 Å². The van der Waals surface area contributed by atoms with Crippen molar-refractivity contribution in [1.82, 2.24) is 9.99 Å². The van der Waals surface area contributed by atoms with Gasteiger partial charge in [-0.3, -0.25) is 14.5 Å². The van der Waals surface area contributed by atoms with E-state index in [0.29, 0.717) is 5.57 Å². The number of aliphatic hydroxyl groups excluding tert-OH is 1. The fraction of sp³-hybridized carbons (Fsp3) is 0.727. The number of esters is 1. The maximum atomic E-state index is 12.5. The van der Waals surface area contributed by atoms with E-state index in [1.54, 1.807) is 13.0 Å². The largest absolute Gasteiger partial charge is 0.461 e. The summed E-state index contributed by atoms with van der Waals surface area (Å²) in [5, 5.41) is 24.5. The Bertz CT molecular complexity index is 860. The minimum atomic E-state index is -3.15. The molecule has 3 rings (SSSR count). The van der Waals surface area contributed by atoms with Gasteiger partial charge in [-0.2, -0.15) is 0 Å². The van der Waals surface area contributed by atoms with Crippen LogP contribution in [0.5, 0.6) is 0 Å². The number of allylic oxidation sites excluding steroid dienone is 1. The Kier molecular flexibility index (Phi) is 9.08. The minimum absolute atomic E-state index is 0.0864. The lowest BCUT2D eigenvalue weighted by atomic mass is 9.95. The summed E-state index contributed by atoms with van der Waals surface area (Å²) < 4.78 is 22.5. The first-order valence-corrected chi connectivity index (χ1v) is 14.1. The van der Waals surface area contributed by atoms with Gasteiger partial charge in [-0.05, 0) is 63.0 Å². The second-order valence-corrected chi connectivity index (χ2v) is 12.5. The maximum Gasteiger partial charge on any atom is 0.323 e. The number of ether oxygens (including phenoxy) is 2. The molecule has 0 aromatic carbocycles. The Morgan fingerprint density at radius 3 is 2.74 bits per heavy atom. The zero-order valence-corrected chi connectivity index (χ0v) is 21.6. The molecule has 2 unspecified atom stereocenters. The molecular formula is C22H35N2O8PS. The molecule has 2 fully saturated rings. The van der Waals surface area contributed by atoms with E-state index in [1.165, 1.54) is 25.1 Å². The highest BCUT2D eigenvalue weighted by Crippen LogP contribution is 2.45. The lowest BCUT2D eigenvalue weighted by Crippen LogP contribution is -2.53. The number of hydrogen-bond donors (Lipinski definition) is 3. The van der Waals surface area contributed by atoms with Gasteiger partial charge in [0, 0.05) is 13.3 Å². The van der Waals surface area contributed by atoms with E-state index in [1.807, 2.05) is 0 Å². The Morgan fingerprint density at radius 1 is 1.44 bits per heavy atom. The van der Waals surface area contributed by atoms with Crippen molar-refractivity contribution in [3.05, 3.63) is 24.4 Å². The summed E-state index contributed by atoms with van der Waals surface area (Å²) in [5.41, 5.74) is -1.12. The predicted molar refractivity (Wildman–Crippen MR) is 128 cm³/mol. The molecule has 10 nitrogen and oxygen atoms in total. The number of rotatable bonds is 9. The fourth-order valence-corrected chi connectivity index (χ4v) is 6.12. The molecule has 1 saturated carbocycles. The van der Waals surface area contributed by atoms with E-state index in [-0.39, 0.29) is 25.0 Å². The van der Waals surface area contributed by atoms with Crippen molar-refractivity contribution in [3.8, 4) is 0 Å². The summed E-state index contributed by atoms with van der Waals surface area (Å²) in [6.45, 7) is 3.39. The summed E-state index contributed by atoms with van der Waals surface area (Å²) in [7, 11) is 1.36. The van der Waals surface area contributed by atoms with Gasteiger partial charge < -0.3 is 28.7 Å². The van der Waals surface area contributed by atoms with E-state index in [9.17, 15) is 19.8 Å². The third-order valence-electron chi connectivity index (χ3n) is 6.33. The predicted octanol–water partition coefficient (Wildman–Crippen LogP) is 1.87. The van der Waals surface area contributed by atoms with Crippen LogP contribution in [0.2, 0.25) is 0 Å². The Labute approximate surface area is 205 Å². The van der Waals surface area contributed by atoms with E-state index < -0.39 is 42.7 Å². The summed E-state index contributed by atoms with van der Waals surface area (Å²) in [5.74, 6) is -0.737. The van der Waals surface area contributed by atoms with Gasteiger partial charge in [0.15, 0.2) is 6.23 Å². The molecule has 1 amide bonds. The zero-order chi connectivity index (χ0) is 25.1. The number of carbonyl (C=O) groups excluding carboxylic acids is 2. The fourth-order valence-electron chi connectivity index (χ4n) is 4.25. The van der Waals surface area contributed by atoms with Gasteiger partial charge in [0.05, 0.1) is 13.0 Å². The lowest BCUT2D eigenvalue weighted by molar-refractivity contribution is -0.156. The van der Waals surface area contributed by atoms with Crippen molar-refractivity contribution in [1.29, 1.82) is 0 Å². The van der Waals surface area contributed by atoms with Gasteiger partial charge >= 0.3 is 5.97 Å². The molecule has 0 aromatic rings. The monoisotopic (exact) mass is 518 g/mol. The third kappa shape index (κ3) is 6.33. The zero-order valence-electron chi connectivity index (χ0n) is 19.8.